The van der Waals surface area contributed by atoms with Crippen molar-refractivity contribution in [2.45, 2.75) is 30.8 Å². The van der Waals surface area contributed by atoms with Gasteiger partial charge in [-0.15, -0.1) is 11.8 Å². The number of thioether (sulfide) groups is 1. The maximum absolute atomic E-state index is 12.3. The number of aromatic nitrogens is 1. The molecule has 0 aliphatic carbocycles. The van der Waals surface area contributed by atoms with Gasteiger partial charge in [0.25, 0.3) is 0 Å². The molecule has 2 unspecified atom stereocenters. The first-order chi connectivity index (χ1) is 14.0. The molecule has 0 spiro atoms. The van der Waals surface area contributed by atoms with Crippen LogP contribution in [0.1, 0.15) is 18.5 Å². The van der Waals surface area contributed by atoms with Crippen LogP contribution in [0, 0.1) is 17.2 Å². The van der Waals surface area contributed by atoms with Crippen LogP contribution in [0.2, 0.25) is 0 Å². The van der Waals surface area contributed by atoms with Gasteiger partial charge in [0.1, 0.15) is 6.61 Å². The summed E-state index contributed by atoms with van der Waals surface area (Å²) in [6, 6.07) is 7.75. The smallest absolute Gasteiger partial charge is 0.409 e. The molecule has 1 aromatic heterocycles. The van der Waals surface area contributed by atoms with Crippen molar-refractivity contribution in [1.82, 2.24) is 15.2 Å². The largest absolute Gasteiger partial charge is 0.444 e. The van der Waals surface area contributed by atoms with Gasteiger partial charge in [0.15, 0.2) is 6.29 Å². The Bertz CT molecular complexity index is 824. The molecule has 3 rings (SSSR count). The fourth-order valence-electron chi connectivity index (χ4n) is 3.36. The fraction of sp³-hybridized carbons (Fsp3) is 0.474. The Labute approximate surface area is 172 Å². The van der Waals surface area contributed by atoms with Crippen LogP contribution in [0.4, 0.5) is 4.79 Å². The van der Waals surface area contributed by atoms with Crippen LogP contribution in [0.15, 0.2) is 35.0 Å². The zero-order chi connectivity index (χ0) is 20.8. The normalized spacial score (nSPS) is 21.0. The molecule has 2 aliphatic rings. The van der Waals surface area contributed by atoms with Crippen LogP contribution in [-0.2, 0) is 16.0 Å². The predicted molar refractivity (Wildman–Crippen MR) is 104 cm³/mol. The average molecular weight is 418 g/mol. The number of hydrogen-bond donors (Lipinski definition) is 3. The van der Waals surface area contributed by atoms with Crippen LogP contribution >= 0.6 is 11.8 Å². The van der Waals surface area contributed by atoms with Crippen LogP contribution in [0.25, 0.3) is 0 Å². The summed E-state index contributed by atoms with van der Waals surface area (Å²) in [5.74, 6) is -0.221. The zero-order valence-electron chi connectivity index (χ0n) is 15.7. The van der Waals surface area contributed by atoms with Crippen molar-refractivity contribution in [3.05, 3.63) is 40.7 Å². The predicted octanol–water partition coefficient (Wildman–Crippen LogP) is 0.750. The van der Waals surface area contributed by atoms with Crippen LogP contribution in [-0.4, -0.2) is 63.3 Å². The summed E-state index contributed by atoms with van der Waals surface area (Å²) in [7, 11) is 0. The first-order valence-electron chi connectivity index (χ1n) is 9.26. The molecular formula is C19H22N4O5S. The van der Waals surface area contributed by atoms with Crippen molar-refractivity contribution in [3.8, 4) is 6.07 Å². The topological polar surface area (TPSA) is 136 Å². The van der Waals surface area contributed by atoms with Crippen LogP contribution < -0.4 is 5.32 Å². The highest BCUT2D eigenvalue weighted by Gasteiger charge is 2.41. The summed E-state index contributed by atoms with van der Waals surface area (Å²) < 4.78 is 4.83. The quantitative estimate of drug-likeness (QED) is 0.576. The minimum absolute atomic E-state index is 0.0384. The van der Waals surface area contributed by atoms with E-state index < -0.39 is 19.0 Å². The van der Waals surface area contributed by atoms with E-state index in [9.17, 15) is 14.9 Å². The highest BCUT2D eigenvalue weighted by atomic mass is 32.2. The lowest BCUT2D eigenvalue weighted by Crippen LogP contribution is -2.45. The average Bonchev–Trinajstić information content (AvgIpc) is 3.07. The third kappa shape index (κ3) is 5.47. The van der Waals surface area contributed by atoms with Crippen molar-refractivity contribution in [2.24, 2.45) is 5.92 Å². The molecule has 1 aromatic rings. The van der Waals surface area contributed by atoms with Gasteiger partial charge in [0.05, 0.1) is 16.7 Å². The Hall–Kier alpha value is -2.61. The molecule has 10 heteroatoms. The van der Waals surface area contributed by atoms with Gasteiger partial charge < -0.3 is 25.2 Å². The summed E-state index contributed by atoms with van der Waals surface area (Å²) in [5, 5.41) is 30.5. The van der Waals surface area contributed by atoms with Crippen molar-refractivity contribution < 1.29 is 24.5 Å². The van der Waals surface area contributed by atoms with E-state index in [2.05, 4.69) is 16.4 Å². The van der Waals surface area contributed by atoms with Gasteiger partial charge in [0, 0.05) is 42.6 Å². The lowest BCUT2D eigenvalue weighted by molar-refractivity contribution is -0.120. The Morgan fingerprint density at radius 3 is 2.97 bits per heavy atom. The number of nitrogens with one attached hydrogen (secondary N) is 1. The number of carbonyl (C=O) groups is 2. The molecule has 1 saturated heterocycles. The summed E-state index contributed by atoms with van der Waals surface area (Å²) in [5.41, 5.74) is 1.37. The summed E-state index contributed by atoms with van der Waals surface area (Å²) in [6.07, 6.45) is 0.692. The molecule has 2 amide bonds. The first kappa shape index (κ1) is 21.1. The molecule has 1 fully saturated rings. The molecule has 2 aliphatic heterocycles. The van der Waals surface area contributed by atoms with Gasteiger partial charge >= 0.3 is 6.09 Å². The molecule has 3 N–H and O–H groups in total. The number of piperidine rings is 1. The number of nitrogens with zero attached hydrogens (tertiary/aromatic N) is 3. The Balaban J connectivity index is 1.55. The molecule has 0 radical (unpaired) electrons. The number of aryl methyl sites for hydroxylation is 1. The lowest BCUT2D eigenvalue weighted by atomic mass is 9.90. The van der Waals surface area contributed by atoms with Crippen LogP contribution in [0.5, 0.6) is 0 Å². The highest BCUT2D eigenvalue weighted by Crippen LogP contribution is 2.44. The van der Waals surface area contributed by atoms with E-state index in [1.54, 1.807) is 6.20 Å². The molecular weight excluding hydrogens is 396 g/mol. The SMILES string of the molecule is N#CC1=C(NC(=O)CCc2ccccn2)SC2CN(C(=O)OCC(O)O)CCC12. The first-order valence-corrected chi connectivity index (χ1v) is 10.1. The number of allylic oxidation sites excluding steroid dienone is 1. The van der Waals surface area contributed by atoms with E-state index in [-0.39, 0.29) is 23.5 Å². The molecule has 0 saturated carbocycles. The standard InChI is InChI=1S/C19H22N4O5S/c20-9-14-13-6-8-23(19(27)28-11-17(25)26)10-15(13)29-18(14)22-16(24)5-4-12-3-1-2-7-21-12/h1-3,7,13,15,17,25-26H,4-6,8,10-11H2,(H,22,24). The van der Waals surface area contributed by atoms with E-state index in [1.807, 2.05) is 18.2 Å². The lowest BCUT2D eigenvalue weighted by Gasteiger charge is -2.33. The van der Waals surface area contributed by atoms with E-state index in [4.69, 9.17) is 14.9 Å². The second kappa shape index (κ2) is 9.73. The molecule has 9 nitrogen and oxygen atoms in total. The monoisotopic (exact) mass is 418 g/mol. The molecule has 2 atom stereocenters. The highest BCUT2D eigenvalue weighted by molar-refractivity contribution is 8.04. The van der Waals surface area contributed by atoms with E-state index in [0.717, 1.165) is 5.69 Å². The zero-order valence-corrected chi connectivity index (χ0v) is 16.5. The summed E-state index contributed by atoms with van der Waals surface area (Å²) in [4.78, 5) is 30.0. The number of ether oxygens (including phenoxy) is 1. The number of aliphatic hydroxyl groups is 2. The van der Waals surface area contributed by atoms with Crippen molar-refractivity contribution in [1.29, 1.82) is 5.26 Å². The molecule has 154 valence electrons. The number of nitriles is 1. The van der Waals surface area contributed by atoms with Crippen LogP contribution in [0.3, 0.4) is 0 Å². The molecule has 0 aromatic carbocycles. The number of amides is 2. The van der Waals surface area contributed by atoms with Crippen molar-refractivity contribution in [3.63, 3.8) is 0 Å². The number of carbonyl (C=O) groups excluding carboxylic acids is 2. The van der Waals surface area contributed by atoms with E-state index in [0.29, 0.717) is 36.5 Å². The maximum Gasteiger partial charge on any atom is 0.409 e. The Kier molecular flexibility index (Phi) is 7.09. The third-order valence-electron chi connectivity index (χ3n) is 4.77. The minimum Gasteiger partial charge on any atom is -0.444 e. The number of fused-ring (bicyclic) bond motifs is 1. The fourth-order valence-corrected chi connectivity index (χ4v) is 4.85. The number of hydrogen-bond acceptors (Lipinski definition) is 8. The van der Waals surface area contributed by atoms with Gasteiger partial charge in [-0.1, -0.05) is 6.07 Å². The number of pyridine rings is 1. The summed E-state index contributed by atoms with van der Waals surface area (Å²) in [6.45, 7) is 0.262. The second-order valence-corrected chi connectivity index (χ2v) is 8.03. The number of likely N-dealkylation sites (tertiary alicyclic amines) is 1. The second-order valence-electron chi connectivity index (χ2n) is 6.78. The number of rotatable bonds is 6. The van der Waals surface area contributed by atoms with Gasteiger partial charge in [0.2, 0.25) is 5.91 Å². The summed E-state index contributed by atoms with van der Waals surface area (Å²) >= 11 is 1.38. The van der Waals surface area contributed by atoms with Crippen molar-refractivity contribution >= 4 is 23.8 Å². The Morgan fingerprint density at radius 1 is 1.45 bits per heavy atom. The number of aliphatic hydroxyl groups excluding tert-OH is 1. The maximum atomic E-state index is 12.3. The minimum atomic E-state index is -1.71. The van der Waals surface area contributed by atoms with Crippen molar-refractivity contribution in [2.75, 3.05) is 19.7 Å². The van der Waals surface area contributed by atoms with Gasteiger partial charge in [-0.25, -0.2) is 4.79 Å². The van der Waals surface area contributed by atoms with Gasteiger partial charge in [-0.3, -0.25) is 9.78 Å². The van der Waals surface area contributed by atoms with E-state index in [1.165, 1.54) is 16.7 Å². The molecule has 3 heterocycles. The Morgan fingerprint density at radius 2 is 2.28 bits per heavy atom. The van der Waals surface area contributed by atoms with E-state index >= 15 is 0 Å². The molecule has 29 heavy (non-hydrogen) atoms. The van der Waals surface area contributed by atoms with Gasteiger partial charge in [-0.2, -0.15) is 5.26 Å². The van der Waals surface area contributed by atoms with Gasteiger partial charge in [-0.05, 0) is 25.0 Å². The molecule has 0 bridgehead atoms. The third-order valence-corrected chi connectivity index (χ3v) is 6.10.